The minimum atomic E-state index is -2.94. The van der Waals surface area contributed by atoms with Crippen molar-refractivity contribution < 1.29 is 22.8 Å². The number of carbonyl (C=O) groups is 1. The quantitative estimate of drug-likeness (QED) is 0.575. The zero-order chi connectivity index (χ0) is 22.5. The number of halogens is 2. The molecule has 0 atom stereocenters. The Morgan fingerprint density at radius 3 is 2.78 bits per heavy atom. The first-order valence-corrected chi connectivity index (χ1v) is 10.4. The van der Waals surface area contributed by atoms with E-state index in [9.17, 15) is 13.6 Å². The van der Waals surface area contributed by atoms with Crippen molar-refractivity contribution in [3.05, 3.63) is 65.5 Å². The summed E-state index contributed by atoms with van der Waals surface area (Å²) >= 11 is 0. The fourth-order valence-corrected chi connectivity index (χ4v) is 3.76. The van der Waals surface area contributed by atoms with Gasteiger partial charge in [0.2, 0.25) is 11.7 Å². The second kappa shape index (κ2) is 9.86. The molecule has 0 spiro atoms. The van der Waals surface area contributed by atoms with Crippen LogP contribution in [0.15, 0.2) is 53.1 Å². The summed E-state index contributed by atoms with van der Waals surface area (Å²) in [5.74, 6) is 0.605. The minimum Gasteiger partial charge on any atom is -0.434 e. The molecule has 9 heteroatoms. The Kier molecular flexibility index (Phi) is 6.75. The molecule has 0 N–H and O–H groups in total. The van der Waals surface area contributed by atoms with E-state index in [1.807, 2.05) is 36.1 Å². The van der Waals surface area contributed by atoms with Crippen molar-refractivity contribution in [1.82, 2.24) is 19.9 Å². The number of benzene rings is 2. The monoisotopic (exact) mass is 442 g/mol. The van der Waals surface area contributed by atoms with E-state index >= 15 is 0 Å². The average Bonchev–Trinajstić information content (AvgIpc) is 3.10. The maximum absolute atomic E-state index is 12.8. The van der Waals surface area contributed by atoms with E-state index in [4.69, 9.17) is 4.52 Å². The Morgan fingerprint density at radius 1 is 1.12 bits per heavy atom. The number of ether oxygens (including phenoxy) is 1. The molecule has 7 nitrogen and oxygen atoms in total. The zero-order valence-corrected chi connectivity index (χ0v) is 17.7. The van der Waals surface area contributed by atoms with Crippen LogP contribution in [0.25, 0.3) is 11.4 Å². The van der Waals surface area contributed by atoms with Crippen LogP contribution < -0.4 is 4.74 Å². The summed E-state index contributed by atoms with van der Waals surface area (Å²) in [4.78, 5) is 21.2. The Labute approximate surface area is 184 Å². The summed E-state index contributed by atoms with van der Waals surface area (Å²) in [7, 11) is 0. The average molecular weight is 442 g/mol. The fraction of sp³-hybridized carbons (Fsp3) is 0.348. The second-order valence-corrected chi connectivity index (χ2v) is 7.68. The van der Waals surface area contributed by atoms with Crippen molar-refractivity contribution in [2.45, 2.75) is 26.5 Å². The number of alkyl halides is 2. The van der Waals surface area contributed by atoms with Gasteiger partial charge in [-0.15, -0.1) is 0 Å². The molecule has 1 saturated heterocycles. The molecular formula is C23H24F2N4O3. The van der Waals surface area contributed by atoms with E-state index in [-0.39, 0.29) is 17.5 Å². The van der Waals surface area contributed by atoms with Gasteiger partial charge in [0.25, 0.3) is 5.91 Å². The lowest BCUT2D eigenvalue weighted by Gasteiger charge is -2.21. The number of rotatable bonds is 6. The van der Waals surface area contributed by atoms with E-state index < -0.39 is 6.61 Å². The van der Waals surface area contributed by atoms with Crippen molar-refractivity contribution in [3.63, 3.8) is 0 Å². The van der Waals surface area contributed by atoms with Crippen LogP contribution in [-0.2, 0) is 6.54 Å². The number of aromatic nitrogens is 2. The van der Waals surface area contributed by atoms with Crippen LogP contribution in [-0.4, -0.2) is 58.6 Å². The summed E-state index contributed by atoms with van der Waals surface area (Å²) in [6.45, 7) is 2.16. The number of aryl methyl sites for hydroxylation is 1. The lowest BCUT2D eigenvalue weighted by atomic mass is 10.1. The summed E-state index contributed by atoms with van der Waals surface area (Å²) in [6.07, 6.45) is 0.823. The first kappa shape index (κ1) is 21.9. The highest BCUT2D eigenvalue weighted by Crippen LogP contribution is 2.29. The predicted octanol–water partition coefficient (Wildman–Crippen LogP) is 3.99. The fourth-order valence-electron chi connectivity index (χ4n) is 3.76. The smallest absolute Gasteiger partial charge is 0.387 e. The number of amides is 1. The van der Waals surface area contributed by atoms with Crippen LogP contribution >= 0.6 is 0 Å². The Balaban J connectivity index is 1.39. The van der Waals surface area contributed by atoms with Crippen molar-refractivity contribution >= 4 is 5.91 Å². The molecule has 0 unspecified atom stereocenters. The lowest BCUT2D eigenvalue weighted by Crippen LogP contribution is -2.35. The summed E-state index contributed by atoms with van der Waals surface area (Å²) in [5, 5.41) is 3.93. The molecule has 168 valence electrons. The second-order valence-electron chi connectivity index (χ2n) is 7.68. The molecule has 0 aliphatic carbocycles. The van der Waals surface area contributed by atoms with Crippen LogP contribution in [0.4, 0.5) is 8.78 Å². The molecule has 0 saturated carbocycles. The summed E-state index contributed by atoms with van der Waals surface area (Å²) in [5.41, 5.74) is 2.10. The first-order valence-electron chi connectivity index (χ1n) is 10.4. The van der Waals surface area contributed by atoms with Crippen LogP contribution in [0.1, 0.15) is 28.2 Å². The number of hydrogen-bond donors (Lipinski definition) is 0. The molecule has 1 fully saturated rings. The van der Waals surface area contributed by atoms with E-state index in [1.165, 1.54) is 6.07 Å². The normalized spacial score (nSPS) is 15.1. The molecule has 2 heterocycles. The third kappa shape index (κ3) is 5.28. The molecule has 1 amide bonds. The Morgan fingerprint density at radius 2 is 1.97 bits per heavy atom. The summed E-state index contributed by atoms with van der Waals surface area (Å²) in [6, 6.07) is 13.9. The highest BCUT2D eigenvalue weighted by Gasteiger charge is 2.22. The molecule has 1 aliphatic heterocycles. The zero-order valence-electron chi connectivity index (χ0n) is 17.7. The minimum absolute atomic E-state index is 0.00470. The van der Waals surface area contributed by atoms with E-state index in [1.54, 1.807) is 18.2 Å². The van der Waals surface area contributed by atoms with Gasteiger partial charge in [0.15, 0.2) is 0 Å². The largest absolute Gasteiger partial charge is 0.434 e. The van der Waals surface area contributed by atoms with Crippen molar-refractivity contribution in [3.8, 4) is 17.1 Å². The number of hydrogen-bond acceptors (Lipinski definition) is 6. The highest BCUT2D eigenvalue weighted by molar-refractivity contribution is 5.94. The molecular weight excluding hydrogens is 418 g/mol. The third-order valence-electron chi connectivity index (χ3n) is 5.31. The van der Waals surface area contributed by atoms with Crippen LogP contribution in [0.3, 0.4) is 0 Å². The van der Waals surface area contributed by atoms with Gasteiger partial charge in [-0.05, 0) is 37.6 Å². The third-order valence-corrected chi connectivity index (χ3v) is 5.31. The van der Waals surface area contributed by atoms with Gasteiger partial charge >= 0.3 is 6.61 Å². The number of para-hydroxylation sites is 1. The van der Waals surface area contributed by atoms with Gasteiger partial charge in [0.1, 0.15) is 5.75 Å². The Hall–Kier alpha value is -3.33. The van der Waals surface area contributed by atoms with Crippen molar-refractivity contribution in [2.24, 2.45) is 0 Å². The topological polar surface area (TPSA) is 71.7 Å². The summed E-state index contributed by atoms with van der Waals surface area (Å²) < 4.78 is 35.2. The molecule has 0 bridgehead atoms. The predicted molar refractivity (Wildman–Crippen MR) is 113 cm³/mol. The maximum Gasteiger partial charge on any atom is 0.387 e. The van der Waals surface area contributed by atoms with Gasteiger partial charge in [-0.3, -0.25) is 9.69 Å². The van der Waals surface area contributed by atoms with Gasteiger partial charge in [0.05, 0.1) is 12.1 Å². The molecule has 4 rings (SSSR count). The van der Waals surface area contributed by atoms with E-state index in [0.29, 0.717) is 43.2 Å². The molecule has 0 radical (unpaired) electrons. The molecule has 1 aliphatic rings. The van der Waals surface area contributed by atoms with Crippen LogP contribution in [0.5, 0.6) is 5.75 Å². The van der Waals surface area contributed by atoms with Gasteiger partial charge in [-0.1, -0.05) is 35.0 Å². The van der Waals surface area contributed by atoms with E-state index in [0.717, 1.165) is 18.5 Å². The molecule has 1 aromatic heterocycles. The van der Waals surface area contributed by atoms with Crippen LogP contribution in [0, 0.1) is 6.92 Å². The Bertz CT molecular complexity index is 1070. The van der Waals surface area contributed by atoms with Crippen molar-refractivity contribution in [1.29, 1.82) is 0 Å². The lowest BCUT2D eigenvalue weighted by molar-refractivity contribution is -0.0494. The molecule has 3 aromatic rings. The van der Waals surface area contributed by atoms with E-state index in [2.05, 4.69) is 19.8 Å². The SMILES string of the molecule is Cc1cccc(C(=O)N2CCCN(Cc3nc(-c4ccccc4OC(F)F)no3)CC2)c1. The number of carbonyl (C=O) groups excluding carboxylic acids is 1. The molecule has 2 aromatic carbocycles. The van der Waals surface area contributed by atoms with Crippen molar-refractivity contribution in [2.75, 3.05) is 26.2 Å². The van der Waals surface area contributed by atoms with Gasteiger partial charge in [-0.25, -0.2) is 0 Å². The highest BCUT2D eigenvalue weighted by atomic mass is 19.3. The number of nitrogens with zero attached hydrogens (tertiary/aromatic N) is 4. The van der Waals surface area contributed by atoms with Gasteiger partial charge < -0.3 is 14.2 Å². The van der Waals surface area contributed by atoms with Crippen LogP contribution in [0.2, 0.25) is 0 Å². The maximum atomic E-state index is 12.8. The van der Waals surface area contributed by atoms with Gasteiger partial charge in [-0.2, -0.15) is 13.8 Å². The van der Waals surface area contributed by atoms with Gasteiger partial charge in [0, 0.05) is 31.7 Å². The standard InChI is InChI=1S/C23H24F2N4O3/c1-16-6-4-7-17(14-16)22(30)29-11-5-10-28(12-13-29)15-20-26-21(27-32-20)18-8-2-3-9-19(18)31-23(24)25/h2-4,6-9,14,23H,5,10-13,15H2,1H3. The molecule has 32 heavy (non-hydrogen) atoms. The first-order chi connectivity index (χ1) is 15.5.